The van der Waals surface area contributed by atoms with E-state index in [1.54, 1.807) is 12.1 Å². The van der Waals surface area contributed by atoms with Gasteiger partial charge in [0.2, 0.25) is 5.91 Å². The molecule has 4 rings (SSSR count). The number of nitrogens with zero attached hydrogens (tertiary/aromatic N) is 3. The third-order valence-electron chi connectivity index (χ3n) is 5.02. The van der Waals surface area contributed by atoms with E-state index in [0.717, 1.165) is 16.8 Å². The van der Waals surface area contributed by atoms with Crippen LogP contribution in [0.15, 0.2) is 65.8 Å². The third-order valence-corrected chi connectivity index (χ3v) is 6.49. The van der Waals surface area contributed by atoms with Crippen LogP contribution in [0.4, 0.5) is 10.1 Å². The summed E-state index contributed by atoms with van der Waals surface area (Å²) in [4.78, 5) is 12.5. The molecule has 1 aromatic heterocycles. The van der Waals surface area contributed by atoms with Crippen LogP contribution in [0.1, 0.15) is 11.1 Å². The molecular weight excluding hydrogens is 482 g/mol. The SMILES string of the molecule is Cc1ccc(-n2c(SCC(=O)Nc3ccc(F)c(Cl)c3)nnc2-c2ccc(Cl)cc2)cc1C. The largest absolute Gasteiger partial charge is 0.325 e. The number of anilines is 1. The van der Waals surface area contributed by atoms with Crippen LogP contribution in [0.2, 0.25) is 10.0 Å². The zero-order chi connectivity index (χ0) is 23.5. The topological polar surface area (TPSA) is 59.8 Å². The summed E-state index contributed by atoms with van der Waals surface area (Å²) >= 11 is 13.1. The minimum absolute atomic E-state index is 0.0532. The Bertz CT molecular complexity index is 1320. The smallest absolute Gasteiger partial charge is 0.234 e. The van der Waals surface area contributed by atoms with Gasteiger partial charge in [0.05, 0.1) is 16.5 Å². The molecule has 0 saturated carbocycles. The van der Waals surface area contributed by atoms with Crippen molar-refractivity contribution in [3.8, 4) is 17.1 Å². The lowest BCUT2D eigenvalue weighted by Gasteiger charge is -2.12. The van der Waals surface area contributed by atoms with Crippen LogP contribution in [0, 0.1) is 19.7 Å². The summed E-state index contributed by atoms with van der Waals surface area (Å²) in [6, 6.07) is 17.5. The van der Waals surface area contributed by atoms with Crippen molar-refractivity contribution in [1.82, 2.24) is 14.8 Å². The Hall–Kier alpha value is -2.87. The Balaban J connectivity index is 1.62. The standard InChI is InChI=1S/C24H19Cl2FN4OS/c1-14-3-9-19(11-15(14)2)31-23(16-4-6-17(25)7-5-16)29-30-24(31)33-13-22(32)28-18-8-10-21(27)20(26)12-18/h3-12H,13H2,1-2H3,(H,28,32). The summed E-state index contributed by atoms with van der Waals surface area (Å²) in [5, 5.41) is 12.6. The van der Waals surface area contributed by atoms with Gasteiger partial charge in [-0.05, 0) is 79.6 Å². The molecule has 168 valence electrons. The van der Waals surface area contributed by atoms with Crippen molar-refractivity contribution in [2.45, 2.75) is 19.0 Å². The lowest BCUT2D eigenvalue weighted by Crippen LogP contribution is -2.14. The van der Waals surface area contributed by atoms with Crippen LogP contribution in [-0.4, -0.2) is 26.4 Å². The second-order valence-electron chi connectivity index (χ2n) is 7.38. The van der Waals surface area contributed by atoms with Crippen molar-refractivity contribution in [3.05, 3.63) is 87.7 Å². The average Bonchev–Trinajstić information content (AvgIpc) is 3.21. The minimum atomic E-state index is -0.541. The van der Waals surface area contributed by atoms with Crippen LogP contribution >= 0.6 is 35.0 Å². The van der Waals surface area contributed by atoms with E-state index < -0.39 is 5.82 Å². The van der Waals surface area contributed by atoms with Gasteiger partial charge in [0, 0.05) is 16.3 Å². The number of nitrogens with one attached hydrogen (secondary N) is 1. The minimum Gasteiger partial charge on any atom is -0.325 e. The molecule has 0 aliphatic rings. The predicted molar refractivity (Wildman–Crippen MR) is 132 cm³/mol. The molecule has 0 unspecified atom stereocenters. The number of halogens is 3. The number of thioether (sulfide) groups is 1. The molecule has 1 N–H and O–H groups in total. The number of carbonyl (C=O) groups is 1. The summed E-state index contributed by atoms with van der Waals surface area (Å²) in [5.41, 5.74) is 4.46. The number of carbonyl (C=O) groups excluding carboxylic acids is 1. The molecule has 0 spiro atoms. The first-order valence-electron chi connectivity index (χ1n) is 9.98. The van der Waals surface area contributed by atoms with Gasteiger partial charge in [-0.2, -0.15) is 0 Å². The Morgan fingerprint density at radius 2 is 1.76 bits per heavy atom. The summed E-state index contributed by atoms with van der Waals surface area (Å²) in [7, 11) is 0. The molecule has 33 heavy (non-hydrogen) atoms. The van der Waals surface area contributed by atoms with Gasteiger partial charge in [-0.1, -0.05) is 41.0 Å². The van der Waals surface area contributed by atoms with Crippen molar-refractivity contribution in [3.63, 3.8) is 0 Å². The normalized spacial score (nSPS) is 10.9. The van der Waals surface area contributed by atoms with Crippen molar-refractivity contribution >= 4 is 46.6 Å². The molecule has 3 aromatic carbocycles. The van der Waals surface area contributed by atoms with E-state index in [1.807, 2.05) is 42.7 Å². The first kappa shape index (κ1) is 23.3. The number of hydrogen-bond acceptors (Lipinski definition) is 4. The van der Waals surface area contributed by atoms with E-state index in [0.29, 0.717) is 21.7 Å². The fourth-order valence-corrected chi connectivity index (χ4v) is 4.21. The van der Waals surface area contributed by atoms with Crippen molar-refractivity contribution < 1.29 is 9.18 Å². The Morgan fingerprint density at radius 3 is 2.45 bits per heavy atom. The van der Waals surface area contributed by atoms with Crippen LogP contribution in [0.3, 0.4) is 0 Å². The van der Waals surface area contributed by atoms with Crippen LogP contribution in [-0.2, 0) is 4.79 Å². The maximum absolute atomic E-state index is 13.4. The number of amides is 1. The highest BCUT2D eigenvalue weighted by Gasteiger charge is 2.18. The molecule has 0 fully saturated rings. The Morgan fingerprint density at radius 1 is 1.00 bits per heavy atom. The number of aromatic nitrogens is 3. The lowest BCUT2D eigenvalue weighted by molar-refractivity contribution is -0.113. The fourth-order valence-electron chi connectivity index (χ4n) is 3.15. The second kappa shape index (κ2) is 9.95. The number of hydrogen-bond donors (Lipinski definition) is 1. The predicted octanol–water partition coefficient (Wildman–Crippen LogP) is 6.73. The van der Waals surface area contributed by atoms with Crippen LogP contribution < -0.4 is 5.32 Å². The van der Waals surface area contributed by atoms with Gasteiger partial charge in [-0.15, -0.1) is 10.2 Å². The van der Waals surface area contributed by atoms with Crippen molar-refractivity contribution in [2.24, 2.45) is 0 Å². The molecule has 1 amide bonds. The first-order chi connectivity index (χ1) is 15.8. The third kappa shape index (κ3) is 5.38. The van der Waals surface area contributed by atoms with Crippen molar-refractivity contribution in [1.29, 1.82) is 0 Å². The van der Waals surface area contributed by atoms with Gasteiger partial charge in [-0.3, -0.25) is 9.36 Å². The number of rotatable bonds is 6. The maximum Gasteiger partial charge on any atom is 0.234 e. The monoisotopic (exact) mass is 500 g/mol. The zero-order valence-corrected chi connectivity index (χ0v) is 20.1. The molecule has 4 aromatic rings. The quantitative estimate of drug-likeness (QED) is 0.298. The van der Waals surface area contributed by atoms with Gasteiger partial charge in [0.25, 0.3) is 0 Å². The van der Waals surface area contributed by atoms with Gasteiger partial charge in [-0.25, -0.2) is 4.39 Å². The molecular formula is C24H19Cl2FN4OS. The lowest BCUT2D eigenvalue weighted by atomic mass is 10.1. The van der Waals surface area contributed by atoms with Gasteiger partial charge in [0.1, 0.15) is 5.82 Å². The van der Waals surface area contributed by atoms with E-state index in [1.165, 1.54) is 35.5 Å². The summed E-state index contributed by atoms with van der Waals surface area (Å²) in [5.74, 6) is -0.0905. The maximum atomic E-state index is 13.4. The van der Waals surface area contributed by atoms with E-state index in [9.17, 15) is 9.18 Å². The van der Waals surface area contributed by atoms with Crippen LogP contribution in [0.5, 0.6) is 0 Å². The highest BCUT2D eigenvalue weighted by molar-refractivity contribution is 7.99. The summed E-state index contributed by atoms with van der Waals surface area (Å²) in [6.07, 6.45) is 0. The zero-order valence-electron chi connectivity index (χ0n) is 17.8. The van der Waals surface area contributed by atoms with E-state index in [-0.39, 0.29) is 16.7 Å². The summed E-state index contributed by atoms with van der Waals surface area (Å²) < 4.78 is 15.3. The molecule has 0 radical (unpaired) electrons. The average molecular weight is 501 g/mol. The van der Waals surface area contributed by atoms with Gasteiger partial charge < -0.3 is 5.32 Å². The van der Waals surface area contributed by atoms with Crippen LogP contribution in [0.25, 0.3) is 17.1 Å². The first-order valence-corrected chi connectivity index (χ1v) is 11.7. The molecule has 1 heterocycles. The highest BCUT2D eigenvalue weighted by atomic mass is 35.5. The molecule has 0 bridgehead atoms. The fraction of sp³-hybridized carbons (Fsp3) is 0.125. The molecule has 0 aliphatic heterocycles. The second-order valence-corrected chi connectivity index (χ2v) is 9.17. The van der Waals surface area contributed by atoms with Gasteiger partial charge in [0.15, 0.2) is 11.0 Å². The van der Waals surface area contributed by atoms with E-state index in [4.69, 9.17) is 23.2 Å². The number of aryl methyl sites for hydroxylation is 2. The Kier molecular flexibility index (Phi) is 7.02. The summed E-state index contributed by atoms with van der Waals surface area (Å²) in [6.45, 7) is 4.09. The van der Waals surface area contributed by atoms with Gasteiger partial charge >= 0.3 is 0 Å². The highest BCUT2D eigenvalue weighted by Crippen LogP contribution is 2.30. The van der Waals surface area contributed by atoms with E-state index in [2.05, 4.69) is 21.6 Å². The van der Waals surface area contributed by atoms with Crippen molar-refractivity contribution in [2.75, 3.05) is 11.1 Å². The molecule has 0 aliphatic carbocycles. The number of benzene rings is 3. The van der Waals surface area contributed by atoms with E-state index >= 15 is 0 Å². The molecule has 0 atom stereocenters. The molecule has 9 heteroatoms. The molecule has 0 saturated heterocycles. The molecule has 5 nitrogen and oxygen atoms in total. The Labute approximate surface area is 204 Å².